The molecule has 0 amide bonds. The minimum absolute atomic E-state index is 0.356. The van der Waals surface area contributed by atoms with Crippen molar-refractivity contribution in [3.63, 3.8) is 0 Å². The van der Waals surface area contributed by atoms with E-state index in [-0.39, 0.29) is 5.97 Å². The lowest BCUT2D eigenvalue weighted by Gasteiger charge is -2.05. The zero-order chi connectivity index (χ0) is 16.4. The molecule has 3 heteroatoms. The van der Waals surface area contributed by atoms with Gasteiger partial charge in [-0.2, -0.15) is 0 Å². The molecular weight excluding hydrogens is 298 g/mol. The van der Waals surface area contributed by atoms with E-state index in [0.717, 1.165) is 22.2 Å². The fourth-order valence-electron chi connectivity index (χ4n) is 2.72. The normalized spacial score (nSPS) is 10.7. The Labute approximate surface area is 139 Å². The third-order valence-corrected chi connectivity index (χ3v) is 3.92. The first-order valence-corrected chi connectivity index (χ1v) is 7.76. The molecule has 0 saturated heterocycles. The van der Waals surface area contributed by atoms with E-state index >= 15 is 0 Å². The van der Waals surface area contributed by atoms with Crippen LogP contribution in [0, 0.1) is 0 Å². The maximum absolute atomic E-state index is 12.3. The SMILES string of the molecule is O=C(Oc1cccc2[nH]c(-c3ccccc3)cc12)c1ccccc1. The zero-order valence-corrected chi connectivity index (χ0v) is 12.9. The highest BCUT2D eigenvalue weighted by molar-refractivity contribution is 5.96. The summed E-state index contributed by atoms with van der Waals surface area (Å²) in [7, 11) is 0. The van der Waals surface area contributed by atoms with Gasteiger partial charge in [-0.1, -0.05) is 54.6 Å². The van der Waals surface area contributed by atoms with E-state index in [2.05, 4.69) is 4.98 Å². The third-order valence-electron chi connectivity index (χ3n) is 3.92. The molecule has 0 spiro atoms. The molecule has 0 aliphatic heterocycles. The zero-order valence-electron chi connectivity index (χ0n) is 12.9. The molecule has 0 unspecified atom stereocenters. The predicted molar refractivity (Wildman–Crippen MR) is 95.1 cm³/mol. The van der Waals surface area contributed by atoms with E-state index in [0.29, 0.717) is 11.3 Å². The summed E-state index contributed by atoms with van der Waals surface area (Å²) in [5.74, 6) is 0.199. The largest absolute Gasteiger partial charge is 0.422 e. The number of nitrogens with one attached hydrogen (secondary N) is 1. The van der Waals surface area contributed by atoms with Crippen LogP contribution in [0.2, 0.25) is 0 Å². The Morgan fingerprint density at radius 3 is 2.25 bits per heavy atom. The lowest BCUT2D eigenvalue weighted by atomic mass is 10.1. The second-order valence-electron chi connectivity index (χ2n) is 5.52. The molecule has 0 aliphatic carbocycles. The van der Waals surface area contributed by atoms with E-state index < -0.39 is 0 Å². The lowest BCUT2D eigenvalue weighted by molar-refractivity contribution is 0.0737. The lowest BCUT2D eigenvalue weighted by Crippen LogP contribution is -2.08. The number of rotatable bonds is 3. The van der Waals surface area contributed by atoms with Gasteiger partial charge in [0.25, 0.3) is 0 Å². The van der Waals surface area contributed by atoms with Gasteiger partial charge in [0.05, 0.1) is 5.56 Å². The Bertz CT molecular complexity index is 988. The number of aromatic nitrogens is 1. The van der Waals surface area contributed by atoms with Crippen molar-refractivity contribution < 1.29 is 9.53 Å². The van der Waals surface area contributed by atoms with Crippen molar-refractivity contribution >= 4 is 16.9 Å². The van der Waals surface area contributed by atoms with Gasteiger partial charge in [0.1, 0.15) is 5.75 Å². The highest BCUT2D eigenvalue weighted by Crippen LogP contribution is 2.31. The van der Waals surface area contributed by atoms with Gasteiger partial charge in [0, 0.05) is 16.6 Å². The minimum Gasteiger partial charge on any atom is -0.422 e. The van der Waals surface area contributed by atoms with Crippen LogP contribution >= 0.6 is 0 Å². The molecule has 3 nitrogen and oxygen atoms in total. The molecule has 1 heterocycles. The van der Waals surface area contributed by atoms with Crippen LogP contribution in [0.4, 0.5) is 0 Å². The topological polar surface area (TPSA) is 42.1 Å². The van der Waals surface area contributed by atoms with Gasteiger partial charge >= 0.3 is 5.97 Å². The molecule has 0 aliphatic rings. The van der Waals surface area contributed by atoms with Crippen LogP contribution in [0.15, 0.2) is 84.9 Å². The molecule has 0 bridgehead atoms. The minimum atomic E-state index is -0.356. The molecule has 4 rings (SSSR count). The summed E-state index contributed by atoms with van der Waals surface area (Å²) in [4.78, 5) is 15.7. The first-order chi connectivity index (χ1) is 11.8. The molecule has 1 aromatic heterocycles. The third kappa shape index (κ3) is 2.68. The van der Waals surface area contributed by atoms with Crippen LogP contribution in [0.5, 0.6) is 5.75 Å². The van der Waals surface area contributed by atoms with Gasteiger partial charge in [-0.3, -0.25) is 0 Å². The van der Waals surface area contributed by atoms with E-state index in [1.165, 1.54) is 0 Å². The quantitative estimate of drug-likeness (QED) is 0.424. The summed E-state index contributed by atoms with van der Waals surface area (Å²) < 4.78 is 5.60. The maximum Gasteiger partial charge on any atom is 0.343 e. The molecule has 116 valence electrons. The number of ether oxygens (including phenoxy) is 1. The summed E-state index contributed by atoms with van der Waals surface area (Å²) in [6.45, 7) is 0. The number of hydrogen-bond acceptors (Lipinski definition) is 2. The number of esters is 1. The molecule has 0 atom stereocenters. The molecule has 0 fully saturated rings. The Hall–Kier alpha value is -3.33. The number of carbonyl (C=O) groups is 1. The van der Waals surface area contributed by atoms with Crippen LogP contribution in [-0.2, 0) is 0 Å². The predicted octanol–water partition coefficient (Wildman–Crippen LogP) is 5.05. The second-order valence-corrected chi connectivity index (χ2v) is 5.52. The highest BCUT2D eigenvalue weighted by atomic mass is 16.5. The second kappa shape index (κ2) is 6.05. The summed E-state index contributed by atoms with van der Waals surface area (Å²) in [5.41, 5.74) is 3.56. The Morgan fingerprint density at radius 2 is 1.50 bits per heavy atom. The number of hydrogen-bond donors (Lipinski definition) is 1. The van der Waals surface area contributed by atoms with Gasteiger partial charge < -0.3 is 9.72 Å². The number of benzene rings is 3. The average molecular weight is 313 g/mol. The van der Waals surface area contributed by atoms with Gasteiger partial charge in [0.15, 0.2) is 0 Å². The molecule has 4 aromatic rings. The first-order valence-electron chi connectivity index (χ1n) is 7.76. The van der Waals surface area contributed by atoms with Crippen molar-refractivity contribution in [2.24, 2.45) is 0 Å². The Balaban J connectivity index is 1.71. The van der Waals surface area contributed by atoms with Gasteiger partial charge in [-0.15, -0.1) is 0 Å². The van der Waals surface area contributed by atoms with E-state index in [4.69, 9.17) is 4.74 Å². The van der Waals surface area contributed by atoms with Crippen molar-refractivity contribution in [1.29, 1.82) is 0 Å². The molecular formula is C21H15NO2. The monoisotopic (exact) mass is 313 g/mol. The summed E-state index contributed by atoms with van der Waals surface area (Å²) >= 11 is 0. The smallest absolute Gasteiger partial charge is 0.343 e. The van der Waals surface area contributed by atoms with Gasteiger partial charge in [-0.05, 0) is 35.9 Å². The van der Waals surface area contributed by atoms with E-state index in [1.807, 2.05) is 72.8 Å². The fourth-order valence-corrected chi connectivity index (χ4v) is 2.72. The van der Waals surface area contributed by atoms with Crippen molar-refractivity contribution in [3.05, 3.63) is 90.5 Å². The van der Waals surface area contributed by atoms with Crippen molar-refractivity contribution in [2.45, 2.75) is 0 Å². The van der Waals surface area contributed by atoms with Crippen molar-refractivity contribution in [3.8, 4) is 17.0 Å². The summed E-state index contributed by atoms with van der Waals surface area (Å²) in [6.07, 6.45) is 0. The van der Waals surface area contributed by atoms with E-state index in [9.17, 15) is 4.79 Å². The molecule has 0 radical (unpaired) electrons. The number of aromatic amines is 1. The number of carbonyl (C=O) groups excluding carboxylic acids is 1. The van der Waals surface area contributed by atoms with Gasteiger partial charge in [0.2, 0.25) is 0 Å². The van der Waals surface area contributed by atoms with Crippen LogP contribution in [0.25, 0.3) is 22.2 Å². The van der Waals surface area contributed by atoms with E-state index in [1.54, 1.807) is 12.1 Å². The Kier molecular flexibility index (Phi) is 3.60. The number of fused-ring (bicyclic) bond motifs is 1. The van der Waals surface area contributed by atoms with Crippen LogP contribution < -0.4 is 4.74 Å². The Morgan fingerprint density at radius 1 is 0.792 bits per heavy atom. The molecule has 3 aromatic carbocycles. The average Bonchev–Trinajstić information content (AvgIpc) is 3.08. The fraction of sp³-hybridized carbons (Fsp3) is 0. The van der Waals surface area contributed by atoms with Crippen molar-refractivity contribution in [2.75, 3.05) is 0 Å². The van der Waals surface area contributed by atoms with Crippen LogP contribution in [0.1, 0.15) is 10.4 Å². The van der Waals surface area contributed by atoms with Crippen molar-refractivity contribution in [1.82, 2.24) is 4.98 Å². The van der Waals surface area contributed by atoms with Crippen LogP contribution in [-0.4, -0.2) is 11.0 Å². The molecule has 0 saturated carbocycles. The summed E-state index contributed by atoms with van der Waals surface area (Å²) in [6, 6.07) is 26.7. The maximum atomic E-state index is 12.3. The summed E-state index contributed by atoms with van der Waals surface area (Å²) in [5, 5.41) is 0.889. The highest BCUT2D eigenvalue weighted by Gasteiger charge is 2.12. The molecule has 1 N–H and O–H groups in total. The first kappa shape index (κ1) is 14.3. The number of H-pyrrole nitrogens is 1. The van der Waals surface area contributed by atoms with Crippen LogP contribution in [0.3, 0.4) is 0 Å². The molecule has 24 heavy (non-hydrogen) atoms. The van der Waals surface area contributed by atoms with Gasteiger partial charge in [-0.25, -0.2) is 4.79 Å². The standard InChI is InChI=1S/C21H15NO2/c23-21(16-10-5-2-6-11-16)24-20-13-7-12-18-17(20)14-19(22-18)15-8-3-1-4-9-15/h1-14,22H.